The number of unbranched alkanes of at least 4 members (excludes halogenated alkanes) is 3. The third kappa shape index (κ3) is 5.34. The van der Waals surface area contributed by atoms with Gasteiger partial charge in [-0.05, 0) is 54.8 Å². The molecule has 0 fully saturated rings. The van der Waals surface area contributed by atoms with Crippen LogP contribution in [-0.2, 0) is 6.42 Å². The fourth-order valence-electron chi connectivity index (χ4n) is 2.62. The van der Waals surface area contributed by atoms with Gasteiger partial charge in [0.1, 0.15) is 12.2 Å². The number of carbonyl (C=O) groups is 1. The van der Waals surface area contributed by atoms with Gasteiger partial charge >= 0.3 is 5.78 Å². The van der Waals surface area contributed by atoms with Crippen LogP contribution in [0.25, 0.3) is 0 Å². The predicted molar refractivity (Wildman–Crippen MR) is 97.4 cm³/mol. The van der Waals surface area contributed by atoms with E-state index in [4.69, 9.17) is 0 Å². The lowest BCUT2D eigenvalue weighted by Gasteiger charge is -2.02. The molecule has 24 heavy (non-hydrogen) atoms. The molecule has 0 unspecified atom stereocenters. The van der Waals surface area contributed by atoms with Crippen LogP contribution < -0.4 is 0 Å². The molecular weight excluding hydrogens is 300 g/mol. The van der Waals surface area contributed by atoms with Crippen LogP contribution in [0, 0.1) is 0 Å². The molecule has 0 aromatic heterocycles. The summed E-state index contributed by atoms with van der Waals surface area (Å²) in [6, 6.07) is 13.8. The minimum atomic E-state index is -0.170. The molecule has 3 heteroatoms. The van der Waals surface area contributed by atoms with Crippen LogP contribution >= 0.6 is 0 Å². The predicted octanol–water partition coefficient (Wildman–Crippen LogP) is 4.68. The summed E-state index contributed by atoms with van der Waals surface area (Å²) < 4.78 is 0. The first kappa shape index (κ1) is 17.9. The summed E-state index contributed by atoms with van der Waals surface area (Å²) in [6.45, 7) is 2.20. The molecule has 2 aromatic carbocycles. The van der Waals surface area contributed by atoms with E-state index in [0.29, 0.717) is 11.1 Å². The number of carbonyl (C=O) groups excluding carboxylic acids is 2. The minimum absolute atomic E-state index is 0.0410. The van der Waals surface area contributed by atoms with E-state index in [1.807, 2.05) is 24.3 Å². The van der Waals surface area contributed by atoms with Crippen molar-refractivity contribution in [2.45, 2.75) is 45.4 Å². The van der Waals surface area contributed by atoms with Gasteiger partial charge in [-0.15, -0.1) is 0 Å². The molecule has 2 rings (SSSR count). The number of ketones is 2. The second kappa shape index (κ2) is 9.02. The maximum Gasteiger partial charge on any atom is 0.331 e. The van der Waals surface area contributed by atoms with Gasteiger partial charge in [0.15, 0.2) is 5.78 Å². The molecule has 0 saturated heterocycles. The summed E-state index contributed by atoms with van der Waals surface area (Å²) >= 11 is 0. The molecule has 0 atom stereocenters. The number of benzene rings is 2. The average Bonchev–Trinajstić information content (AvgIpc) is 2.59. The lowest BCUT2D eigenvalue weighted by atomic mass is 9.99. The summed E-state index contributed by atoms with van der Waals surface area (Å²) in [7, 11) is 0. The Bertz CT molecular complexity index is 669. The molecule has 2 aromatic rings. The Labute approximate surface area is 143 Å². The highest BCUT2D eigenvalue weighted by atomic mass is 16.3. The fraction of sp³-hybridized carbons (Fsp3) is 0.333. The van der Waals surface area contributed by atoms with Crippen molar-refractivity contribution in [1.29, 1.82) is 0 Å². The van der Waals surface area contributed by atoms with E-state index in [2.05, 4.69) is 6.92 Å². The van der Waals surface area contributed by atoms with Gasteiger partial charge in [0.2, 0.25) is 0 Å². The van der Waals surface area contributed by atoms with E-state index >= 15 is 0 Å². The Morgan fingerprint density at radius 3 is 2.17 bits per heavy atom. The topological polar surface area (TPSA) is 58.7 Å². The van der Waals surface area contributed by atoms with E-state index in [1.54, 1.807) is 12.1 Å². The van der Waals surface area contributed by atoms with Crippen molar-refractivity contribution >= 4 is 11.6 Å². The maximum absolute atomic E-state index is 12.1. The zero-order valence-corrected chi connectivity index (χ0v) is 14.2. The molecule has 0 bridgehead atoms. The van der Waals surface area contributed by atoms with Gasteiger partial charge in [0, 0.05) is 5.56 Å². The van der Waals surface area contributed by atoms with Crippen molar-refractivity contribution in [2.24, 2.45) is 0 Å². The van der Waals surface area contributed by atoms with Gasteiger partial charge in [-0.25, -0.2) is 0 Å². The Balaban J connectivity index is 1.90. The SMILES string of the molecule is CCCCCCc1ccc(C(=[OH+])CC(=O)c2ccc(O)cc2)cc1. The van der Waals surface area contributed by atoms with Crippen LogP contribution in [0.2, 0.25) is 0 Å². The summed E-state index contributed by atoms with van der Waals surface area (Å²) in [6.07, 6.45) is 5.94. The van der Waals surface area contributed by atoms with Crippen LogP contribution in [0.1, 0.15) is 60.5 Å². The molecular formula is C21H25O3+. The second-order valence-corrected chi connectivity index (χ2v) is 6.10. The largest absolute Gasteiger partial charge is 0.508 e. The third-order valence-corrected chi connectivity index (χ3v) is 4.12. The first-order valence-electron chi connectivity index (χ1n) is 8.56. The van der Waals surface area contributed by atoms with E-state index in [9.17, 15) is 14.7 Å². The highest BCUT2D eigenvalue weighted by Gasteiger charge is 2.18. The van der Waals surface area contributed by atoms with Crippen molar-refractivity contribution < 1.29 is 14.7 Å². The number of hydrogen-bond donors (Lipinski definition) is 1. The van der Waals surface area contributed by atoms with E-state index in [1.165, 1.54) is 43.4 Å². The number of phenols is 1. The lowest BCUT2D eigenvalue weighted by Crippen LogP contribution is -2.09. The van der Waals surface area contributed by atoms with Gasteiger partial charge in [-0.1, -0.05) is 38.3 Å². The monoisotopic (exact) mass is 325 g/mol. The smallest absolute Gasteiger partial charge is 0.331 e. The molecule has 126 valence electrons. The quantitative estimate of drug-likeness (QED) is 0.315. The first-order chi connectivity index (χ1) is 11.6. The Hall–Kier alpha value is -2.42. The number of rotatable bonds is 9. The number of Topliss-reactive ketones (excluding diaryl/α,β-unsaturated/α-hetero) is 1. The van der Waals surface area contributed by atoms with Crippen LogP contribution in [-0.4, -0.2) is 21.5 Å². The highest BCUT2D eigenvalue weighted by molar-refractivity contribution is 6.13. The normalized spacial score (nSPS) is 10.5. The van der Waals surface area contributed by atoms with Crippen molar-refractivity contribution in [3.05, 3.63) is 65.2 Å². The second-order valence-electron chi connectivity index (χ2n) is 6.10. The van der Waals surface area contributed by atoms with E-state index in [0.717, 1.165) is 6.42 Å². The highest BCUT2D eigenvalue weighted by Crippen LogP contribution is 2.14. The molecule has 0 saturated carbocycles. The molecule has 0 heterocycles. The first-order valence-corrected chi connectivity index (χ1v) is 8.56. The van der Waals surface area contributed by atoms with Gasteiger partial charge in [0.25, 0.3) is 0 Å². The summed E-state index contributed by atoms with van der Waals surface area (Å²) in [4.78, 5) is 22.3. The summed E-state index contributed by atoms with van der Waals surface area (Å²) in [5.74, 6) is 0.0241. The number of hydrogen-bond acceptors (Lipinski definition) is 2. The van der Waals surface area contributed by atoms with Crippen molar-refractivity contribution in [3.8, 4) is 5.75 Å². The Kier molecular flexibility index (Phi) is 6.74. The molecule has 0 radical (unpaired) electrons. The van der Waals surface area contributed by atoms with E-state index < -0.39 is 0 Å². The number of aryl methyl sites for hydroxylation is 1. The third-order valence-electron chi connectivity index (χ3n) is 4.12. The zero-order valence-electron chi connectivity index (χ0n) is 14.2. The number of aromatic hydroxyl groups is 1. The molecule has 0 aliphatic rings. The van der Waals surface area contributed by atoms with Crippen molar-refractivity contribution in [3.63, 3.8) is 0 Å². The number of phenolic OH excluding ortho intramolecular Hbond substituents is 1. The zero-order chi connectivity index (χ0) is 17.4. The molecule has 2 N–H and O–H groups in total. The van der Waals surface area contributed by atoms with Crippen LogP contribution in [0.4, 0.5) is 0 Å². The molecule has 0 amide bonds. The molecule has 0 aliphatic heterocycles. The van der Waals surface area contributed by atoms with Gasteiger partial charge in [0.05, 0.1) is 5.56 Å². The van der Waals surface area contributed by atoms with Crippen LogP contribution in [0.15, 0.2) is 48.5 Å². The van der Waals surface area contributed by atoms with Gasteiger partial charge < -0.3 is 5.11 Å². The van der Waals surface area contributed by atoms with Crippen LogP contribution in [0.3, 0.4) is 0 Å². The minimum Gasteiger partial charge on any atom is -0.508 e. The van der Waals surface area contributed by atoms with Gasteiger partial charge in [-0.2, -0.15) is 0 Å². The molecule has 3 nitrogen and oxygen atoms in total. The summed E-state index contributed by atoms with van der Waals surface area (Å²) in [5.41, 5.74) is 2.42. The standard InChI is InChI=1S/C21H24O3/c1-2-3-4-5-6-16-7-9-17(10-8-16)20(23)15-21(24)18-11-13-19(22)14-12-18/h7-14,22H,2-6,15H2,1H3/p+1. The van der Waals surface area contributed by atoms with Crippen LogP contribution in [0.5, 0.6) is 5.75 Å². The van der Waals surface area contributed by atoms with E-state index in [-0.39, 0.29) is 23.7 Å². The average molecular weight is 325 g/mol. The fourth-order valence-corrected chi connectivity index (χ4v) is 2.62. The Morgan fingerprint density at radius 2 is 1.54 bits per heavy atom. The van der Waals surface area contributed by atoms with Crippen molar-refractivity contribution in [1.82, 2.24) is 0 Å². The molecule has 0 spiro atoms. The van der Waals surface area contributed by atoms with Gasteiger partial charge in [-0.3, -0.25) is 9.59 Å². The molecule has 0 aliphatic carbocycles. The lowest BCUT2D eigenvalue weighted by molar-refractivity contribution is 0.0999. The maximum atomic E-state index is 12.1. The van der Waals surface area contributed by atoms with Crippen molar-refractivity contribution in [2.75, 3.05) is 0 Å². The summed E-state index contributed by atoms with van der Waals surface area (Å²) in [5, 5.41) is 9.25. The Morgan fingerprint density at radius 1 is 0.917 bits per heavy atom.